The summed E-state index contributed by atoms with van der Waals surface area (Å²) in [5.74, 6) is -0.499. The number of halogens is 1. The smallest absolute Gasteiger partial charge is 0.242 e. The summed E-state index contributed by atoms with van der Waals surface area (Å²) in [7, 11) is 3.08. The van der Waals surface area contributed by atoms with Crippen LogP contribution in [0.15, 0.2) is 0 Å². The van der Waals surface area contributed by atoms with Crippen LogP contribution in [0.2, 0.25) is 0 Å². The molecular formula is C16H31ClN2O4. The molecule has 136 valence electrons. The largest absolute Gasteiger partial charge is 0.354 e. The first-order valence-corrected chi connectivity index (χ1v) is 8.64. The van der Waals surface area contributed by atoms with Gasteiger partial charge >= 0.3 is 0 Å². The highest BCUT2D eigenvalue weighted by atomic mass is 35.5. The van der Waals surface area contributed by atoms with Crippen LogP contribution in [0.25, 0.3) is 0 Å². The standard InChI is InChI=1S/C16H31ClN2O4/c1-6-7-8-12(16(22-4)23-5)19-15(21)13(9-11(2)3)18-14(20)10-17/h11-13,16H,6-10H2,1-5H3,(H,18,20)(H,19,21)/t12?,13-/m0/s1. The van der Waals surface area contributed by atoms with Crippen LogP contribution in [0.3, 0.4) is 0 Å². The average molecular weight is 351 g/mol. The predicted octanol–water partition coefficient (Wildman–Crippen LogP) is 2.05. The van der Waals surface area contributed by atoms with Crippen LogP contribution in [-0.2, 0) is 19.1 Å². The average Bonchev–Trinajstić information content (AvgIpc) is 2.51. The fraction of sp³-hybridized carbons (Fsp3) is 0.875. The second kappa shape index (κ2) is 12.6. The molecule has 7 heteroatoms. The molecule has 0 fully saturated rings. The van der Waals surface area contributed by atoms with Gasteiger partial charge in [0.2, 0.25) is 11.8 Å². The summed E-state index contributed by atoms with van der Waals surface area (Å²) < 4.78 is 10.6. The van der Waals surface area contributed by atoms with Crippen molar-refractivity contribution < 1.29 is 19.1 Å². The van der Waals surface area contributed by atoms with Gasteiger partial charge in [-0.25, -0.2) is 0 Å². The summed E-state index contributed by atoms with van der Waals surface area (Å²) in [6, 6.07) is -0.875. The van der Waals surface area contributed by atoms with E-state index in [9.17, 15) is 9.59 Å². The van der Waals surface area contributed by atoms with Crippen LogP contribution in [-0.4, -0.2) is 50.3 Å². The molecule has 0 aromatic heterocycles. The van der Waals surface area contributed by atoms with Crippen molar-refractivity contribution in [2.75, 3.05) is 20.1 Å². The number of unbranched alkanes of at least 4 members (excludes halogenated alkanes) is 1. The number of nitrogens with one attached hydrogen (secondary N) is 2. The first-order valence-electron chi connectivity index (χ1n) is 8.10. The zero-order chi connectivity index (χ0) is 17.8. The number of hydrogen-bond donors (Lipinski definition) is 2. The van der Waals surface area contributed by atoms with Gasteiger partial charge < -0.3 is 20.1 Å². The third-order valence-corrected chi connectivity index (χ3v) is 3.71. The number of carbonyl (C=O) groups is 2. The van der Waals surface area contributed by atoms with Crippen molar-refractivity contribution in [2.24, 2.45) is 5.92 Å². The SMILES string of the molecule is CCCCC(NC(=O)[C@H](CC(C)C)NC(=O)CCl)C(OC)OC. The Morgan fingerprint density at radius 1 is 1.13 bits per heavy atom. The van der Waals surface area contributed by atoms with Crippen molar-refractivity contribution in [2.45, 2.75) is 64.8 Å². The highest BCUT2D eigenvalue weighted by Gasteiger charge is 2.27. The van der Waals surface area contributed by atoms with E-state index in [1.807, 2.05) is 13.8 Å². The zero-order valence-corrected chi connectivity index (χ0v) is 15.6. The molecule has 2 atom stereocenters. The molecule has 0 bridgehead atoms. The Morgan fingerprint density at radius 3 is 2.17 bits per heavy atom. The van der Waals surface area contributed by atoms with E-state index in [0.717, 1.165) is 19.3 Å². The highest BCUT2D eigenvalue weighted by Crippen LogP contribution is 2.11. The van der Waals surface area contributed by atoms with Gasteiger partial charge in [0.1, 0.15) is 11.9 Å². The minimum Gasteiger partial charge on any atom is -0.354 e. The van der Waals surface area contributed by atoms with E-state index in [-0.39, 0.29) is 29.7 Å². The predicted molar refractivity (Wildman–Crippen MR) is 91.4 cm³/mol. The van der Waals surface area contributed by atoms with Crippen LogP contribution >= 0.6 is 11.6 Å². The Morgan fingerprint density at radius 2 is 1.74 bits per heavy atom. The van der Waals surface area contributed by atoms with Crippen LogP contribution in [0.1, 0.15) is 46.5 Å². The van der Waals surface area contributed by atoms with Crippen molar-refractivity contribution in [3.63, 3.8) is 0 Å². The Bertz CT molecular complexity index is 349. The van der Waals surface area contributed by atoms with Gasteiger partial charge in [0.15, 0.2) is 6.29 Å². The van der Waals surface area contributed by atoms with Gasteiger partial charge in [-0.15, -0.1) is 11.6 Å². The molecule has 0 spiro atoms. The lowest BCUT2D eigenvalue weighted by Gasteiger charge is -2.28. The summed E-state index contributed by atoms with van der Waals surface area (Å²) in [5.41, 5.74) is 0. The number of amides is 2. The fourth-order valence-electron chi connectivity index (χ4n) is 2.34. The molecule has 0 saturated heterocycles. The van der Waals surface area contributed by atoms with Gasteiger partial charge in [-0.05, 0) is 18.8 Å². The van der Waals surface area contributed by atoms with Crippen LogP contribution < -0.4 is 10.6 Å². The second-order valence-electron chi connectivity index (χ2n) is 5.98. The zero-order valence-electron chi connectivity index (χ0n) is 14.9. The number of alkyl halides is 1. The summed E-state index contributed by atoms with van der Waals surface area (Å²) >= 11 is 5.52. The van der Waals surface area contributed by atoms with E-state index in [1.54, 1.807) is 14.2 Å². The van der Waals surface area contributed by atoms with Crippen molar-refractivity contribution in [1.82, 2.24) is 10.6 Å². The minimum absolute atomic E-state index is 0.167. The molecule has 0 aromatic rings. The highest BCUT2D eigenvalue weighted by molar-refractivity contribution is 6.27. The van der Waals surface area contributed by atoms with E-state index in [2.05, 4.69) is 17.6 Å². The van der Waals surface area contributed by atoms with E-state index >= 15 is 0 Å². The van der Waals surface area contributed by atoms with Gasteiger partial charge in [0.25, 0.3) is 0 Å². The molecule has 0 aliphatic heterocycles. The molecule has 0 aliphatic rings. The van der Waals surface area contributed by atoms with Crippen LogP contribution in [0.4, 0.5) is 0 Å². The Balaban J connectivity index is 4.94. The molecule has 0 radical (unpaired) electrons. The van der Waals surface area contributed by atoms with Gasteiger partial charge in [0, 0.05) is 14.2 Å². The number of ether oxygens (including phenoxy) is 2. The van der Waals surface area contributed by atoms with E-state index < -0.39 is 12.3 Å². The molecule has 0 saturated carbocycles. The van der Waals surface area contributed by atoms with Crippen LogP contribution in [0.5, 0.6) is 0 Å². The number of methoxy groups -OCH3 is 2. The first kappa shape index (κ1) is 22.1. The maximum atomic E-state index is 12.6. The maximum absolute atomic E-state index is 12.6. The second-order valence-corrected chi connectivity index (χ2v) is 6.25. The lowest BCUT2D eigenvalue weighted by atomic mass is 10.0. The van der Waals surface area contributed by atoms with Gasteiger partial charge in [-0.1, -0.05) is 33.6 Å². The summed E-state index contributed by atoms with van der Waals surface area (Å²) in [6.07, 6.45) is 2.71. The van der Waals surface area contributed by atoms with Crippen molar-refractivity contribution >= 4 is 23.4 Å². The monoisotopic (exact) mass is 350 g/mol. The lowest BCUT2D eigenvalue weighted by Crippen LogP contribution is -2.53. The number of rotatable bonds is 12. The number of carbonyl (C=O) groups excluding carboxylic acids is 2. The topological polar surface area (TPSA) is 76.7 Å². The summed E-state index contributed by atoms with van der Waals surface area (Å²) in [4.78, 5) is 24.1. The minimum atomic E-state index is -0.611. The summed E-state index contributed by atoms with van der Waals surface area (Å²) in [5, 5.41) is 5.61. The van der Waals surface area contributed by atoms with Crippen molar-refractivity contribution in [3.05, 3.63) is 0 Å². The van der Waals surface area contributed by atoms with E-state index in [0.29, 0.717) is 6.42 Å². The molecule has 2 N–H and O–H groups in total. The lowest BCUT2D eigenvalue weighted by molar-refractivity contribution is -0.141. The Hall–Kier alpha value is -0.850. The van der Waals surface area contributed by atoms with Gasteiger partial charge in [-0.3, -0.25) is 9.59 Å². The third kappa shape index (κ3) is 9.13. The number of hydrogen-bond acceptors (Lipinski definition) is 4. The van der Waals surface area contributed by atoms with E-state index in [4.69, 9.17) is 21.1 Å². The molecule has 23 heavy (non-hydrogen) atoms. The van der Waals surface area contributed by atoms with Crippen molar-refractivity contribution in [1.29, 1.82) is 0 Å². The van der Waals surface area contributed by atoms with Crippen molar-refractivity contribution in [3.8, 4) is 0 Å². The molecule has 2 amide bonds. The molecule has 0 aliphatic carbocycles. The molecule has 0 rings (SSSR count). The molecule has 0 aromatic carbocycles. The molecule has 0 heterocycles. The third-order valence-electron chi connectivity index (χ3n) is 3.47. The van der Waals surface area contributed by atoms with Gasteiger partial charge in [-0.2, -0.15) is 0 Å². The normalized spacial score (nSPS) is 13.9. The molecular weight excluding hydrogens is 320 g/mol. The van der Waals surface area contributed by atoms with Crippen LogP contribution in [0, 0.1) is 5.92 Å². The Labute approximate surface area is 144 Å². The fourth-order valence-corrected chi connectivity index (χ4v) is 2.42. The van der Waals surface area contributed by atoms with Gasteiger partial charge in [0.05, 0.1) is 6.04 Å². The Kier molecular flexibility index (Phi) is 12.1. The summed E-state index contributed by atoms with van der Waals surface area (Å²) in [6.45, 7) is 6.07. The quantitative estimate of drug-likeness (QED) is 0.417. The van der Waals surface area contributed by atoms with E-state index in [1.165, 1.54) is 0 Å². The maximum Gasteiger partial charge on any atom is 0.242 e. The molecule has 6 nitrogen and oxygen atoms in total. The molecule has 1 unspecified atom stereocenters. The first-order chi connectivity index (χ1) is 10.9.